The molecule has 0 atom stereocenters. The zero-order valence-electron chi connectivity index (χ0n) is 12.0. The molecule has 21 heavy (non-hydrogen) atoms. The molecule has 7 heteroatoms. The van der Waals surface area contributed by atoms with E-state index in [1.807, 2.05) is 25.1 Å². The highest BCUT2D eigenvalue weighted by Crippen LogP contribution is 2.20. The molecule has 1 aromatic carbocycles. The van der Waals surface area contributed by atoms with Crippen molar-refractivity contribution < 1.29 is 9.59 Å². The number of nitrogens with one attached hydrogen (secondary N) is 2. The molecular weight excluding hydrogens is 358 g/mol. The van der Waals surface area contributed by atoms with Crippen LogP contribution in [0, 0.1) is 12.8 Å². The molecule has 1 aromatic rings. The Balaban J connectivity index is 0.00000220. The van der Waals surface area contributed by atoms with Gasteiger partial charge in [0.25, 0.3) is 0 Å². The van der Waals surface area contributed by atoms with Gasteiger partial charge < -0.3 is 15.5 Å². The van der Waals surface area contributed by atoms with Gasteiger partial charge in [0.05, 0.1) is 12.5 Å². The third kappa shape index (κ3) is 4.69. The predicted octanol–water partition coefficient (Wildman–Crippen LogP) is 1.80. The van der Waals surface area contributed by atoms with Gasteiger partial charge in [-0.2, -0.15) is 0 Å². The highest BCUT2D eigenvalue weighted by atomic mass is 79.9. The number of hydrogen-bond donors (Lipinski definition) is 2. The minimum Gasteiger partial charge on any atom is -0.336 e. The van der Waals surface area contributed by atoms with Gasteiger partial charge in [0.1, 0.15) is 0 Å². The molecule has 0 saturated carbocycles. The average Bonchev–Trinajstić information content (AvgIpc) is 2.30. The maximum absolute atomic E-state index is 12.0. The maximum Gasteiger partial charge on any atom is 0.243 e. The minimum absolute atomic E-state index is 0. The molecule has 1 aliphatic rings. The Morgan fingerprint density at radius 1 is 1.43 bits per heavy atom. The van der Waals surface area contributed by atoms with E-state index in [1.54, 1.807) is 7.05 Å². The van der Waals surface area contributed by atoms with Gasteiger partial charge in [-0.25, -0.2) is 0 Å². The minimum atomic E-state index is -0.182. The smallest absolute Gasteiger partial charge is 0.243 e. The molecule has 1 heterocycles. The van der Waals surface area contributed by atoms with Crippen molar-refractivity contribution in [3.63, 3.8) is 0 Å². The second-order valence-electron chi connectivity index (χ2n) is 5.06. The molecule has 116 valence electrons. The fourth-order valence-corrected chi connectivity index (χ4v) is 2.50. The van der Waals surface area contributed by atoms with E-state index in [-0.39, 0.29) is 36.7 Å². The van der Waals surface area contributed by atoms with Crippen LogP contribution in [0.1, 0.15) is 5.56 Å². The predicted molar refractivity (Wildman–Crippen MR) is 88.8 cm³/mol. The van der Waals surface area contributed by atoms with Gasteiger partial charge >= 0.3 is 0 Å². The number of anilines is 1. The maximum atomic E-state index is 12.0. The van der Waals surface area contributed by atoms with E-state index in [9.17, 15) is 9.59 Å². The number of amides is 2. The number of nitrogens with zero attached hydrogens (tertiary/aromatic N) is 1. The quantitative estimate of drug-likeness (QED) is 0.842. The molecule has 0 unspecified atom stereocenters. The molecule has 2 amide bonds. The summed E-state index contributed by atoms with van der Waals surface area (Å²) in [7, 11) is 1.66. The first-order valence-corrected chi connectivity index (χ1v) is 7.28. The average molecular weight is 377 g/mol. The summed E-state index contributed by atoms with van der Waals surface area (Å²) in [6.07, 6.45) is 0. The van der Waals surface area contributed by atoms with E-state index in [1.165, 1.54) is 4.90 Å². The van der Waals surface area contributed by atoms with Gasteiger partial charge in [-0.3, -0.25) is 9.59 Å². The zero-order valence-corrected chi connectivity index (χ0v) is 14.4. The summed E-state index contributed by atoms with van der Waals surface area (Å²) in [4.78, 5) is 25.4. The second kappa shape index (κ2) is 7.77. The summed E-state index contributed by atoms with van der Waals surface area (Å²) < 4.78 is 0.970. The molecular formula is C14H19BrClN3O2. The highest BCUT2D eigenvalue weighted by Gasteiger charge is 2.28. The third-order valence-electron chi connectivity index (χ3n) is 3.35. The molecule has 1 fully saturated rings. The first-order valence-electron chi connectivity index (χ1n) is 6.49. The van der Waals surface area contributed by atoms with Crippen molar-refractivity contribution in [3.05, 3.63) is 28.2 Å². The zero-order chi connectivity index (χ0) is 14.7. The first-order chi connectivity index (χ1) is 9.47. The summed E-state index contributed by atoms with van der Waals surface area (Å²) in [5.74, 6) is -0.146. The van der Waals surface area contributed by atoms with E-state index in [2.05, 4.69) is 26.6 Å². The number of rotatable bonds is 4. The van der Waals surface area contributed by atoms with Crippen molar-refractivity contribution in [2.75, 3.05) is 32.0 Å². The summed E-state index contributed by atoms with van der Waals surface area (Å²) in [5.41, 5.74) is 1.74. The summed E-state index contributed by atoms with van der Waals surface area (Å²) in [5, 5.41) is 5.88. The van der Waals surface area contributed by atoms with Crippen LogP contribution in [0.4, 0.5) is 5.69 Å². The fourth-order valence-electron chi connectivity index (χ4n) is 2.03. The summed E-state index contributed by atoms with van der Waals surface area (Å²) in [6.45, 7) is 3.41. The molecule has 0 bridgehead atoms. The standard InChI is InChI=1S/C14H18BrN3O2.ClH/c1-9-5-11(15)3-4-12(9)17-13(19)8-18(2)14(20)10-6-16-7-10;/h3-5,10,16H,6-8H2,1-2H3,(H,17,19);1H. The topological polar surface area (TPSA) is 61.4 Å². The van der Waals surface area contributed by atoms with E-state index in [0.29, 0.717) is 13.1 Å². The molecule has 1 saturated heterocycles. The number of carbonyl (C=O) groups excluding carboxylic acids is 2. The molecule has 0 aromatic heterocycles. The highest BCUT2D eigenvalue weighted by molar-refractivity contribution is 9.10. The van der Waals surface area contributed by atoms with Crippen LogP contribution < -0.4 is 10.6 Å². The third-order valence-corrected chi connectivity index (χ3v) is 3.84. The Labute approximate surface area is 139 Å². The number of carbonyl (C=O) groups is 2. The molecule has 5 nitrogen and oxygen atoms in total. The van der Waals surface area contributed by atoms with Crippen molar-refractivity contribution in [2.24, 2.45) is 5.92 Å². The lowest BCUT2D eigenvalue weighted by atomic mass is 10.0. The van der Waals surface area contributed by atoms with Crippen LogP contribution in [0.3, 0.4) is 0 Å². The summed E-state index contributed by atoms with van der Waals surface area (Å²) >= 11 is 3.38. The van der Waals surface area contributed by atoms with E-state index in [4.69, 9.17) is 0 Å². The SMILES string of the molecule is Cc1cc(Br)ccc1NC(=O)CN(C)C(=O)C1CNC1.Cl. The number of hydrogen-bond acceptors (Lipinski definition) is 3. The van der Waals surface area contributed by atoms with Crippen LogP contribution in [-0.2, 0) is 9.59 Å². The van der Waals surface area contributed by atoms with Crippen LogP contribution in [0.25, 0.3) is 0 Å². The van der Waals surface area contributed by atoms with Crippen molar-refractivity contribution in [3.8, 4) is 0 Å². The van der Waals surface area contributed by atoms with Gasteiger partial charge in [-0.1, -0.05) is 15.9 Å². The molecule has 0 aliphatic carbocycles. The van der Waals surface area contributed by atoms with Gasteiger partial charge in [0, 0.05) is 30.3 Å². The van der Waals surface area contributed by atoms with Gasteiger partial charge in [0.15, 0.2) is 0 Å². The normalized spacial score (nSPS) is 13.9. The lowest BCUT2D eigenvalue weighted by Gasteiger charge is -2.30. The van der Waals surface area contributed by atoms with Crippen LogP contribution >= 0.6 is 28.3 Å². The number of likely N-dealkylation sites (N-methyl/N-ethyl adjacent to an activating group) is 1. The molecule has 1 aliphatic heterocycles. The van der Waals surface area contributed by atoms with Crippen LogP contribution in [0.5, 0.6) is 0 Å². The van der Waals surface area contributed by atoms with E-state index < -0.39 is 0 Å². The van der Waals surface area contributed by atoms with Crippen molar-refractivity contribution in [1.82, 2.24) is 10.2 Å². The Morgan fingerprint density at radius 2 is 2.10 bits per heavy atom. The molecule has 2 rings (SSSR count). The number of benzene rings is 1. The lowest BCUT2D eigenvalue weighted by Crippen LogP contribution is -2.52. The van der Waals surface area contributed by atoms with E-state index in [0.717, 1.165) is 15.7 Å². The second-order valence-corrected chi connectivity index (χ2v) is 5.97. The summed E-state index contributed by atoms with van der Waals surface area (Å²) in [6, 6.07) is 5.65. The molecule has 0 spiro atoms. The number of aryl methyl sites for hydroxylation is 1. The van der Waals surface area contributed by atoms with Crippen molar-refractivity contribution >= 4 is 45.8 Å². The largest absolute Gasteiger partial charge is 0.336 e. The number of halogens is 2. The van der Waals surface area contributed by atoms with Crippen molar-refractivity contribution in [1.29, 1.82) is 0 Å². The Bertz CT molecular complexity index is 535. The van der Waals surface area contributed by atoms with Crippen LogP contribution in [0.2, 0.25) is 0 Å². The Hall–Kier alpha value is -1.11. The van der Waals surface area contributed by atoms with Crippen LogP contribution in [-0.4, -0.2) is 43.4 Å². The molecule has 2 N–H and O–H groups in total. The molecule has 0 radical (unpaired) electrons. The van der Waals surface area contributed by atoms with E-state index >= 15 is 0 Å². The Morgan fingerprint density at radius 3 is 2.62 bits per heavy atom. The Kier molecular flexibility index (Phi) is 6.64. The first kappa shape index (κ1) is 17.9. The van der Waals surface area contributed by atoms with Gasteiger partial charge in [-0.05, 0) is 30.7 Å². The lowest BCUT2D eigenvalue weighted by molar-refractivity contribution is -0.138. The van der Waals surface area contributed by atoms with Crippen molar-refractivity contribution in [2.45, 2.75) is 6.92 Å². The van der Waals surface area contributed by atoms with Gasteiger partial charge in [0.2, 0.25) is 11.8 Å². The van der Waals surface area contributed by atoms with Crippen LogP contribution in [0.15, 0.2) is 22.7 Å². The monoisotopic (exact) mass is 375 g/mol. The van der Waals surface area contributed by atoms with Gasteiger partial charge in [-0.15, -0.1) is 12.4 Å². The fraction of sp³-hybridized carbons (Fsp3) is 0.429.